The molecule has 0 aromatic rings. The Kier molecular flexibility index (Phi) is 2.52. The van der Waals surface area contributed by atoms with Crippen LogP contribution in [0.1, 0.15) is 6.92 Å². The minimum absolute atomic E-state index is 0.154. The lowest BCUT2D eigenvalue weighted by atomic mass is 10.7. The predicted octanol–water partition coefficient (Wildman–Crippen LogP) is -0.207. The zero-order chi connectivity index (χ0) is 7.44. The topological polar surface area (TPSA) is 47.3 Å². The first kappa shape index (κ1) is 7.76. The molecule has 0 saturated carbocycles. The third kappa shape index (κ3) is 2.00. The molecule has 0 fully saturated rings. The highest BCUT2D eigenvalue weighted by molar-refractivity contribution is 5.72. The maximum Gasteiger partial charge on any atom is 0.238 e. The third-order valence-corrected chi connectivity index (χ3v) is 1.05. The minimum atomic E-state index is -0.154. The summed E-state index contributed by atoms with van der Waals surface area (Å²) in [6, 6.07) is 0. The summed E-state index contributed by atoms with van der Waals surface area (Å²) >= 11 is 0. The van der Waals surface area contributed by atoms with Gasteiger partial charge in [-0.25, -0.2) is 10.0 Å². The van der Waals surface area contributed by atoms with Crippen molar-refractivity contribution in [3.63, 3.8) is 0 Å². The van der Waals surface area contributed by atoms with Gasteiger partial charge in [0, 0.05) is 21.0 Å². The van der Waals surface area contributed by atoms with Gasteiger partial charge < -0.3 is 0 Å². The van der Waals surface area contributed by atoms with Crippen LogP contribution in [0.5, 0.6) is 0 Å². The second kappa shape index (κ2) is 2.92. The normalized spacial score (nSPS) is 7.78. The molecule has 0 aromatic heterocycles. The van der Waals surface area contributed by atoms with Gasteiger partial charge in [0.15, 0.2) is 6.19 Å². The van der Waals surface area contributed by atoms with Crippen molar-refractivity contribution in [3.05, 3.63) is 0 Å². The molecule has 0 N–H and O–H groups in total. The van der Waals surface area contributed by atoms with Gasteiger partial charge in [0.1, 0.15) is 0 Å². The molecule has 0 rings (SSSR count). The molecule has 0 aliphatic carbocycles. The monoisotopic (exact) mass is 127 g/mol. The summed E-state index contributed by atoms with van der Waals surface area (Å²) in [5, 5.41) is 10.6. The Morgan fingerprint density at radius 1 is 1.56 bits per heavy atom. The first-order valence-electron chi connectivity index (χ1n) is 2.47. The zero-order valence-corrected chi connectivity index (χ0v) is 5.75. The summed E-state index contributed by atoms with van der Waals surface area (Å²) in [4.78, 5) is 10.5. The smallest absolute Gasteiger partial charge is 0.238 e. The SMILES string of the molecule is CC(=O)N(C)N(C)C#N. The van der Waals surface area contributed by atoms with Crippen molar-refractivity contribution >= 4 is 5.91 Å². The fourth-order valence-electron chi connectivity index (χ4n) is 0.278. The van der Waals surface area contributed by atoms with Crippen LogP contribution in [0.3, 0.4) is 0 Å². The maximum atomic E-state index is 10.5. The van der Waals surface area contributed by atoms with Crippen molar-refractivity contribution in [1.29, 1.82) is 5.26 Å². The first-order chi connectivity index (χ1) is 4.09. The van der Waals surface area contributed by atoms with E-state index in [-0.39, 0.29) is 5.91 Å². The molecule has 4 nitrogen and oxygen atoms in total. The van der Waals surface area contributed by atoms with E-state index in [1.54, 1.807) is 6.19 Å². The quantitative estimate of drug-likeness (QED) is 0.278. The lowest BCUT2D eigenvalue weighted by molar-refractivity contribution is -0.136. The number of hydrogen-bond donors (Lipinski definition) is 0. The first-order valence-corrected chi connectivity index (χ1v) is 2.47. The Morgan fingerprint density at radius 2 is 2.00 bits per heavy atom. The van der Waals surface area contributed by atoms with Crippen LogP contribution in [0.4, 0.5) is 0 Å². The highest BCUT2D eigenvalue weighted by Gasteiger charge is 2.04. The Bertz CT molecular complexity index is 149. The van der Waals surface area contributed by atoms with E-state index in [1.165, 1.54) is 26.0 Å². The number of hydrogen-bond acceptors (Lipinski definition) is 3. The second-order valence-corrected chi connectivity index (χ2v) is 1.67. The minimum Gasteiger partial charge on any atom is -0.273 e. The van der Waals surface area contributed by atoms with Crippen LogP contribution < -0.4 is 0 Å². The van der Waals surface area contributed by atoms with Crippen LogP contribution in [-0.4, -0.2) is 30.0 Å². The van der Waals surface area contributed by atoms with E-state index in [0.717, 1.165) is 5.01 Å². The number of amides is 1. The average Bonchev–Trinajstić information content (AvgIpc) is 1.84. The molecule has 50 valence electrons. The zero-order valence-electron chi connectivity index (χ0n) is 5.75. The molecule has 9 heavy (non-hydrogen) atoms. The van der Waals surface area contributed by atoms with Gasteiger partial charge in [0.25, 0.3) is 0 Å². The van der Waals surface area contributed by atoms with Crippen LogP contribution in [0, 0.1) is 11.5 Å². The number of rotatable bonds is 1. The highest BCUT2D eigenvalue weighted by atomic mass is 16.2. The van der Waals surface area contributed by atoms with Gasteiger partial charge in [0.05, 0.1) is 0 Å². The van der Waals surface area contributed by atoms with Crippen LogP contribution in [0.25, 0.3) is 0 Å². The lowest BCUT2D eigenvalue weighted by Crippen LogP contribution is -2.36. The molecule has 0 saturated heterocycles. The van der Waals surface area contributed by atoms with E-state index in [2.05, 4.69) is 0 Å². The molecule has 0 aromatic carbocycles. The van der Waals surface area contributed by atoms with E-state index in [4.69, 9.17) is 5.26 Å². The molecule has 0 unspecified atom stereocenters. The number of nitrogens with zero attached hydrogens (tertiary/aromatic N) is 3. The largest absolute Gasteiger partial charge is 0.273 e. The number of nitriles is 1. The third-order valence-electron chi connectivity index (χ3n) is 1.05. The van der Waals surface area contributed by atoms with E-state index in [1.807, 2.05) is 0 Å². The number of hydrazine groups is 1. The van der Waals surface area contributed by atoms with Crippen molar-refractivity contribution in [3.8, 4) is 6.19 Å². The number of carbonyl (C=O) groups excluding carboxylic acids is 1. The molecule has 4 heteroatoms. The van der Waals surface area contributed by atoms with Crippen molar-refractivity contribution in [2.45, 2.75) is 6.92 Å². The molecule has 0 aliphatic rings. The molecule has 0 heterocycles. The second-order valence-electron chi connectivity index (χ2n) is 1.67. The van der Waals surface area contributed by atoms with Crippen molar-refractivity contribution in [2.75, 3.05) is 14.1 Å². The summed E-state index contributed by atoms with van der Waals surface area (Å²) < 4.78 is 0. The predicted molar refractivity (Wildman–Crippen MR) is 31.8 cm³/mol. The van der Waals surface area contributed by atoms with E-state index in [0.29, 0.717) is 0 Å². The van der Waals surface area contributed by atoms with Crippen LogP contribution in [-0.2, 0) is 4.79 Å². The summed E-state index contributed by atoms with van der Waals surface area (Å²) in [5.74, 6) is -0.154. The van der Waals surface area contributed by atoms with E-state index >= 15 is 0 Å². The molecule has 0 aliphatic heterocycles. The Labute approximate surface area is 54.2 Å². The molecule has 0 atom stereocenters. The molecule has 0 bridgehead atoms. The van der Waals surface area contributed by atoms with Gasteiger partial charge >= 0.3 is 0 Å². The molecule has 1 amide bonds. The summed E-state index contributed by atoms with van der Waals surface area (Å²) in [6.45, 7) is 1.40. The van der Waals surface area contributed by atoms with Gasteiger partial charge in [-0.15, -0.1) is 0 Å². The van der Waals surface area contributed by atoms with Crippen LogP contribution in [0.15, 0.2) is 0 Å². The Morgan fingerprint density at radius 3 is 2.11 bits per heavy atom. The Hall–Kier alpha value is -1.24. The Balaban J connectivity index is 3.91. The summed E-state index contributed by atoms with van der Waals surface area (Å²) in [6.07, 6.45) is 1.78. The van der Waals surface area contributed by atoms with Crippen molar-refractivity contribution in [1.82, 2.24) is 10.0 Å². The van der Waals surface area contributed by atoms with E-state index < -0.39 is 0 Å². The fourth-order valence-corrected chi connectivity index (χ4v) is 0.278. The van der Waals surface area contributed by atoms with Gasteiger partial charge in [-0.3, -0.25) is 4.79 Å². The van der Waals surface area contributed by atoms with Gasteiger partial charge in [-0.05, 0) is 0 Å². The number of carbonyl (C=O) groups is 1. The van der Waals surface area contributed by atoms with Gasteiger partial charge in [-0.2, -0.15) is 5.26 Å². The lowest BCUT2D eigenvalue weighted by Gasteiger charge is -2.20. The average molecular weight is 127 g/mol. The van der Waals surface area contributed by atoms with Gasteiger partial charge in [0.2, 0.25) is 5.91 Å². The van der Waals surface area contributed by atoms with Crippen molar-refractivity contribution in [2.24, 2.45) is 0 Å². The molecule has 0 radical (unpaired) electrons. The molecular weight excluding hydrogens is 118 g/mol. The maximum absolute atomic E-state index is 10.5. The summed E-state index contributed by atoms with van der Waals surface area (Å²) in [7, 11) is 3.05. The fraction of sp³-hybridized carbons (Fsp3) is 0.600. The van der Waals surface area contributed by atoms with E-state index in [9.17, 15) is 4.79 Å². The van der Waals surface area contributed by atoms with Crippen LogP contribution in [0.2, 0.25) is 0 Å². The van der Waals surface area contributed by atoms with Gasteiger partial charge in [-0.1, -0.05) is 0 Å². The van der Waals surface area contributed by atoms with Crippen LogP contribution >= 0.6 is 0 Å². The molecule has 0 spiro atoms. The highest BCUT2D eigenvalue weighted by Crippen LogP contribution is 1.86. The molecular formula is C5H9N3O. The van der Waals surface area contributed by atoms with Crippen molar-refractivity contribution < 1.29 is 4.79 Å². The summed E-state index contributed by atoms with van der Waals surface area (Å²) in [5.41, 5.74) is 0. The standard InChI is InChI=1S/C5H9N3O/c1-5(9)8(3)7(2)4-6/h1-3H3.